The molecule has 2 aromatic carbocycles. The summed E-state index contributed by atoms with van der Waals surface area (Å²) in [5.41, 5.74) is 6.89. The summed E-state index contributed by atoms with van der Waals surface area (Å²) in [5.74, 6) is 0.296. The molecular weight excluding hydrogens is 333 g/mol. The summed E-state index contributed by atoms with van der Waals surface area (Å²) in [7, 11) is 0. The van der Waals surface area contributed by atoms with E-state index in [0.717, 1.165) is 5.56 Å². The van der Waals surface area contributed by atoms with E-state index in [1.807, 2.05) is 30.3 Å². The molecule has 6 heteroatoms. The van der Waals surface area contributed by atoms with E-state index < -0.39 is 6.10 Å². The van der Waals surface area contributed by atoms with Crippen molar-refractivity contribution < 1.29 is 13.9 Å². The van der Waals surface area contributed by atoms with Crippen LogP contribution < -0.4 is 15.4 Å². The van der Waals surface area contributed by atoms with Crippen molar-refractivity contribution in [1.82, 2.24) is 4.98 Å². The number of halogens is 1. The molecule has 0 fully saturated rings. The second-order valence-corrected chi connectivity index (χ2v) is 5.98. The van der Waals surface area contributed by atoms with Crippen LogP contribution >= 0.6 is 0 Å². The van der Waals surface area contributed by atoms with E-state index in [1.54, 1.807) is 30.3 Å². The second-order valence-electron chi connectivity index (χ2n) is 5.98. The van der Waals surface area contributed by atoms with Gasteiger partial charge in [-0.25, -0.2) is 9.37 Å². The van der Waals surface area contributed by atoms with Crippen molar-refractivity contribution in [2.45, 2.75) is 12.6 Å². The van der Waals surface area contributed by atoms with Crippen molar-refractivity contribution in [3.05, 3.63) is 83.7 Å². The first-order valence-electron chi connectivity index (χ1n) is 8.16. The zero-order chi connectivity index (χ0) is 18.1. The third-order valence-electron chi connectivity index (χ3n) is 4.24. The SMILES string of the molecule is Nc1ccc2c(n1)N(Cc1ccccc1F)C(=O)C(c1ccccc1)O2. The average Bonchev–Trinajstić information content (AvgIpc) is 2.66. The average molecular weight is 349 g/mol. The number of aromatic nitrogens is 1. The van der Waals surface area contributed by atoms with Gasteiger partial charge in [-0.2, -0.15) is 0 Å². The van der Waals surface area contributed by atoms with Crippen molar-refractivity contribution in [1.29, 1.82) is 0 Å². The van der Waals surface area contributed by atoms with Crippen LogP contribution in [0, 0.1) is 5.82 Å². The Hall–Kier alpha value is -3.41. The standard InChI is InChI=1S/C20H16FN3O2/c21-15-9-5-4-8-14(15)12-24-19-16(10-11-17(22)23-19)26-18(20(24)25)13-6-2-1-3-7-13/h1-11,18H,12H2,(H2,22,23). The largest absolute Gasteiger partial charge is 0.472 e. The molecule has 0 saturated heterocycles. The fraction of sp³-hybridized carbons (Fsp3) is 0.100. The smallest absolute Gasteiger partial charge is 0.274 e. The summed E-state index contributed by atoms with van der Waals surface area (Å²) in [4.78, 5) is 18.8. The Kier molecular flexibility index (Phi) is 4.01. The normalized spacial score (nSPS) is 16.1. The van der Waals surface area contributed by atoms with Gasteiger partial charge in [0.15, 0.2) is 11.6 Å². The molecule has 1 aromatic heterocycles. The number of fused-ring (bicyclic) bond motifs is 1. The Morgan fingerprint density at radius 1 is 1.04 bits per heavy atom. The van der Waals surface area contributed by atoms with Crippen molar-refractivity contribution in [3.8, 4) is 5.75 Å². The first kappa shape index (κ1) is 16.1. The van der Waals surface area contributed by atoms with Gasteiger partial charge in [-0.05, 0) is 18.2 Å². The number of carbonyl (C=O) groups excluding carboxylic acids is 1. The predicted octanol–water partition coefficient (Wildman–Crippen LogP) is 3.47. The van der Waals surface area contributed by atoms with Gasteiger partial charge in [0.1, 0.15) is 11.6 Å². The van der Waals surface area contributed by atoms with Crippen LogP contribution in [0.3, 0.4) is 0 Å². The minimum Gasteiger partial charge on any atom is -0.472 e. The van der Waals surface area contributed by atoms with Crippen LogP contribution in [-0.4, -0.2) is 10.9 Å². The van der Waals surface area contributed by atoms with Gasteiger partial charge < -0.3 is 10.5 Å². The number of benzene rings is 2. The van der Waals surface area contributed by atoms with Crippen LogP contribution in [-0.2, 0) is 11.3 Å². The minimum absolute atomic E-state index is 0.0433. The fourth-order valence-electron chi connectivity index (χ4n) is 2.95. The first-order valence-corrected chi connectivity index (χ1v) is 8.16. The molecule has 0 spiro atoms. The monoisotopic (exact) mass is 349 g/mol. The maximum atomic E-state index is 14.1. The summed E-state index contributed by atoms with van der Waals surface area (Å²) in [5, 5.41) is 0. The molecule has 1 aliphatic rings. The molecule has 130 valence electrons. The number of nitrogens with zero attached hydrogens (tertiary/aromatic N) is 2. The molecule has 0 bridgehead atoms. The van der Waals surface area contributed by atoms with E-state index in [1.165, 1.54) is 11.0 Å². The van der Waals surface area contributed by atoms with Gasteiger partial charge in [-0.15, -0.1) is 0 Å². The summed E-state index contributed by atoms with van der Waals surface area (Å²) in [6.07, 6.45) is -0.819. The third-order valence-corrected chi connectivity index (χ3v) is 4.24. The Morgan fingerprint density at radius 2 is 1.77 bits per heavy atom. The van der Waals surface area contributed by atoms with Gasteiger partial charge in [0.2, 0.25) is 6.10 Å². The molecule has 2 N–H and O–H groups in total. The van der Waals surface area contributed by atoms with Crippen molar-refractivity contribution in [2.75, 3.05) is 10.6 Å². The molecule has 2 heterocycles. The van der Waals surface area contributed by atoms with Gasteiger partial charge in [-0.3, -0.25) is 9.69 Å². The van der Waals surface area contributed by atoms with Crippen LogP contribution in [0.4, 0.5) is 16.0 Å². The molecule has 5 nitrogen and oxygen atoms in total. The third kappa shape index (κ3) is 2.86. The molecule has 1 amide bonds. The minimum atomic E-state index is -0.819. The van der Waals surface area contributed by atoms with Crippen molar-refractivity contribution >= 4 is 17.5 Å². The van der Waals surface area contributed by atoms with Crippen LogP contribution in [0.15, 0.2) is 66.7 Å². The Balaban J connectivity index is 1.78. The molecule has 0 radical (unpaired) electrons. The lowest BCUT2D eigenvalue weighted by Gasteiger charge is -2.33. The molecular formula is C20H16FN3O2. The van der Waals surface area contributed by atoms with Gasteiger partial charge in [-0.1, -0.05) is 48.5 Å². The summed E-state index contributed by atoms with van der Waals surface area (Å²) >= 11 is 0. The second kappa shape index (κ2) is 6.48. The number of hydrogen-bond acceptors (Lipinski definition) is 4. The highest BCUT2D eigenvalue weighted by Gasteiger charge is 2.37. The van der Waals surface area contributed by atoms with E-state index in [-0.39, 0.29) is 24.1 Å². The van der Waals surface area contributed by atoms with Crippen LogP contribution in [0.2, 0.25) is 0 Å². The van der Waals surface area contributed by atoms with Gasteiger partial charge in [0.25, 0.3) is 5.91 Å². The summed E-state index contributed by atoms with van der Waals surface area (Å²) < 4.78 is 20.0. The van der Waals surface area contributed by atoms with E-state index in [4.69, 9.17) is 10.5 Å². The lowest BCUT2D eigenvalue weighted by atomic mass is 10.1. The maximum Gasteiger partial charge on any atom is 0.274 e. The van der Waals surface area contributed by atoms with E-state index in [0.29, 0.717) is 17.1 Å². The van der Waals surface area contributed by atoms with Gasteiger partial charge in [0, 0.05) is 11.1 Å². The molecule has 26 heavy (non-hydrogen) atoms. The number of anilines is 2. The highest BCUT2D eigenvalue weighted by Crippen LogP contribution is 2.39. The Labute approximate surface area is 149 Å². The number of pyridine rings is 1. The molecule has 1 atom stereocenters. The summed E-state index contributed by atoms with van der Waals surface area (Å²) in [6.45, 7) is 0.0433. The molecule has 4 rings (SSSR count). The number of carbonyl (C=O) groups is 1. The maximum absolute atomic E-state index is 14.1. The van der Waals surface area contributed by atoms with Gasteiger partial charge >= 0.3 is 0 Å². The molecule has 0 aliphatic carbocycles. The topological polar surface area (TPSA) is 68.5 Å². The summed E-state index contributed by atoms with van der Waals surface area (Å²) in [6, 6.07) is 18.8. The van der Waals surface area contributed by atoms with Crippen LogP contribution in [0.5, 0.6) is 5.75 Å². The van der Waals surface area contributed by atoms with E-state index in [2.05, 4.69) is 4.98 Å². The number of nitrogens with two attached hydrogens (primary N) is 1. The number of nitrogen functional groups attached to an aromatic ring is 1. The lowest BCUT2D eigenvalue weighted by Crippen LogP contribution is -2.41. The molecule has 3 aromatic rings. The molecule has 0 saturated carbocycles. The van der Waals surface area contributed by atoms with E-state index >= 15 is 0 Å². The van der Waals surface area contributed by atoms with Crippen molar-refractivity contribution in [2.24, 2.45) is 0 Å². The van der Waals surface area contributed by atoms with Crippen LogP contribution in [0.25, 0.3) is 0 Å². The fourth-order valence-corrected chi connectivity index (χ4v) is 2.95. The highest BCUT2D eigenvalue weighted by molar-refractivity contribution is 5.99. The number of hydrogen-bond donors (Lipinski definition) is 1. The number of ether oxygens (including phenoxy) is 1. The predicted molar refractivity (Wildman–Crippen MR) is 96.1 cm³/mol. The zero-order valence-electron chi connectivity index (χ0n) is 13.8. The van der Waals surface area contributed by atoms with Gasteiger partial charge in [0.05, 0.1) is 6.54 Å². The Morgan fingerprint density at radius 3 is 2.54 bits per heavy atom. The quantitative estimate of drug-likeness (QED) is 0.786. The van der Waals surface area contributed by atoms with Crippen LogP contribution in [0.1, 0.15) is 17.2 Å². The van der Waals surface area contributed by atoms with Crippen molar-refractivity contribution in [3.63, 3.8) is 0 Å². The molecule has 1 unspecified atom stereocenters. The highest BCUT2D eigenvalue weighted by atomic mass is 19.1. The number of amides is 1. The molecule has 1 aliphatic heterocycles. The Bertz CT molecular complexity index is 962. The first-order chi connectivity index (χ1) is 12.6. The number of rotatable bonds is 3. The lowest BCUT2D eigenvalue weighted by molar-refractivity contribution is -0.126. The zero-order valence-corrected chi connectivity index (χ0v) is 13.8. The van der Waals surface area contributed by atoms with E-state index in [9.17, 15) is 9.18 Å².